The highest BCUT2D eigenvalue weighted by atomic mass is 32.2. The third-order valence-electron chi connectivity index (χ3n) is 5.87. The number of amides is 1. The van der Waals surface area contributed by atoms with Gasteiger partial charge in [-0.05, 0) is 57.1 Å². The first-order valence-electron chi connectivity index (χ1n) is 10.9. The number of carbonyl (C=O) groups excluding carboxylic acids is 1. The fourth-order valence-electron chi connectivity index (χ4n) is 4.19. The van der Waals surface area contributed by atoms with Crippen LogP contribution in [0.1, 0.15) is 26.7 Å². The monoisotopic (exact) mass is 438 g/mol. The Morgan fingerprint density at radius 3 is 2.50 bits per heavy atom. The average Bonchev–Trinajstić information content (AvgIpc) is 3.21. The number of sulfonamides is 1. The molecule has 168 valence electrons. The molecule has 1 N–H and O–H groups in total. The first-order valence-corrected chi connectivity index (χ1v) is 12.3. The zero-order valence-corrected chi connectivity index (χ0v) is 18.9. The molecule has 0 aromatic heterocycles. The topological polar surface area (TPSA) is 82.2 Å². The normalized spacial score (nSPS) is 20.6. The first-order chi connectivity index (χ1) is 14.5. The van der Waals surface area contributed by atoms with Crippen molar-refractivity contribution >= 4 is 15.9 Å². The molecule has 8 nitrogen and oxygen atoms in total. The molecule has 2 heterocycles. The molecule has 1 aromatic rings. The van der Waals surface area contributed by atoms with Gasteiger partial charge in [0.05, 0.1) is 18.0 Å². The number of nitrogens with one attached hydrogen (secondary N) is 1. The molecule has 1 amide bonds. The second-order valence-electron chi connectivity index (χ2n) is 7.76. The number of likely N-dealkylation sites (tertiary alicyclic amines) is 1. The van der Waals surface area contributed by atoms with Crippen molar-refractivity contribution in [2.24, 2.45) is 0 Å². The van der Waals surface area contributed by atoms with E-state index in [1.54, 1.807) is 29.2 Å². The summed E-state index contributed by atoms with van der Waals surface area (Å²) in [5, 5.41) is 3.22. The number of piperazine rings is 1. The number of hydrogen-bond acceptors (Lipinski definition) is 6. The van der Waals surface area contributed by atoms with Crippen molar-refractivity contribution in [3.8, 4) is 5.75 Å². The molecule has 2 saturated heterocycles. The molecule has 0 radical (unpaired) electrons. The van der Waals surface area contributed by atoms with Crippen LogP contribution < -0.4 is 10.1 Å². The van der Waals surface area contributed by atoms with E-state index in [4.69, 9.17) is 4.74 Å². The lowest BCUT2D eigenvalue weighted by molar-refractivity contribution is -0.132. The van der Waals surface area contributed by atoms with Gasteiger partial charge in [0, 0.05) is 38.8 Å². The Morgan fingerprint density at radius 1 is 1.17 bits per heavy atom. The molecular weight excluding hydrogens is 404 g/mol. The second kappa shape index (κ2) is 10.6. The Morgan fingerprint density at radius 2 is 1.87 bits per heavy atom. The van der Waals surface area contributed by atoms with Gasteiger partial charge in [-0.2, -0.15) is 4.31 Å². The Balaban J connectivity index is 1.81. The van der Waals surface area contributed by atoms with Crippen molar-refractivity contribution in [2.75, 3.05) is 59.0 Å². The highest BCUT2D eigenvalue weighted by Gasteiger charge is 2.34. The summed E-state index contributed by atoms with van der Waals surface area (Å²) in [4.78, 5) is 17.2. The van der Waals surface area contributed by atoms with Gasteiger partial charge >= 0.3 is 0 Å². The van der Waals surface area contributed by atoms with Crippen LogP contribution in [0.5, 0.6) is 5.75 Å². The van der Waals surface area contributed by atoms with Gasteiger partial charge in [0.1, 0.15) is 5.75 Å². The molecule has 9 heteroatoms. The zero-order chi connectivity index (χ0) is 21.6. The quantitative estimate of drug-likeness (QED) is 0.619. The highest BCUT2D eigenvalue weighted by Crippen LogP contribution is 2.24. The molecule has 30 heavy (non-hydrogen) atoms. The summed E-state index contributed by atoms with van der Waals surface area (Å²) >= 11 is 0. The molecule has 0 aliphatic carbocycles. The number of hydrogen-bond donors (Lipinski definition) is 1. The van der Waals surface area contributed by atoms with Crippen LogP contribution in [0.3, 0.4) is 0 Å². The van der Waals surface area contributed by atoms with Crippen molar-refractivity contribution in [2.45, 2.75) is 37.6 Å². The van der Waals surface area contributed by atoms with Crippen molar-refractivity contribution in [1.82, 2.24) is 19.4 Å². The lowest BCUT2D eigenvalue weighted by atomic mass is 10.2. The molecule has 0 bridgehead atoms. The van der Waals surface area contributed by atoms with E-state index in [-0.39, 0.29) is 23.4 Å². The Hall–Kier alpha value is -1.68. The van der Waals surface area contributed by atoms with E-state index < -0.39 is 10.0 Å². The SMILES string of the molecule is CCOc1ccc(S(=O)(=O)N(CC(=O)N2CCNCC2)CC2CCCN2CC)cc1. The first kappa shape index (κ1) is 23.0. The largest absolute Gasteiger partial charge is 0.494 e. The third-order valence-corrected chi connectivity index (χ3v) is 7.70. The predicted octanol–water partition coefficient (Wildman–Crippen LogP) is 0.992. The Bertz CT molecular complexity index is 794. The second-order valence-corrected chi connectivity index (χ2v) is 9.70. The van der Waals surface area contributed by atoms with Gasteiger partial charge in [-0.3, -0.25) is 9.69 Å². The molecule has 2 fully saturated rings. The maximum absolute atomic E-state index is 13.5. The maximum atomic E-state index is 13.5. The molecule has 0 saturated carbocycles. The van der Waals surface area contributed by atoms with Crippen molar-refractivity contribution in [3.05, 3.63) is 24.3 Å². The standard InChI is InChI=1S/C21H34N4O4S/c1-3-23-13-5-6-18(23)16-25(17-21(26)24-14-11-22-12-15-24)30(27,28)20-9-7-19(8-10-20)29-4-2/h7-10,18,22H,3-6,11-17H2,1-2H3. The van der Waals surface area contributed by atoms with Crippen LogP contribution in [0.2, 0.25) is 0 Å². The molecule has 3 rings (SSSR count). The van der Waals surface area contributed by atoms with Crippen LogP contribution in [0.25, 0.3) is 0 Å². The van der Waals surface area contributed by atoms with E-state index in [0.29, 0.717) is 32.0 Å². The third kappa shape index (κ3) is 5.51. The van der Waals surface area contributed by atoms with Gasteiger partial charge in [0.2, 0.25) is 15.9 Å². The van der Waals surface area contributed by atoms with Gasteiger partial charge in [0.25, 0.3) is 0 Å². The molecular formula is C21H34N4O4S. The van der Waals surface area contributed by atoms with E-state index in [0.717, 1.165) is 39.0 Å². The molecule has 1 atom stereocenters. The van der Waals surface area contributed by atoms with E-state index in [1.165, 1.54) is 4.31 Å². The summed E-state index contributed by atoms with van der Waals surface area (Å²) in [5.41, 5.74) is 0. The van der Waals surface area contributed by atoms with E-state index >= 15 is 0 Å². The fraction of sp³-hybridized carbons (Fsp3) is 0.667. The summed E-state index contributed by atoms with van der Waals surface area (Å²) in [5.74, 6) is 0.500. The number of carbonyl (C=O) groups is 1. The van der Waals surface area contributed by atoms with E-state index in [9.17, 15) is 13.2 Å². The molecule has 0 spiro atoms. The molecule has 2 aliphatic rings. The lowest BCUT2D eigenvalue weighted by Gasteiger charge is -2.32. The fourth-order valence-corrected chi connectivity index (χ4v) is 5.62. The number of rotatable bonds is 9. The van der Waals surface area contributed by atoms with Crippen molar-refractivity contribution in [3.63, 3.8) is 0 Å². The maximum Gasteiger partial charge on any atom is 0.243 e. The van der Waals surface area contributed by atoms with Crippen LogP contribution >= 0.6 is 0 Å². The summed E-state index contributed by atoms with van der Waals surface area (Å²) in [6.45, 7) is 9.27. The molecule has 2 aliphatic heterocycles. The van der Waals surface area contributed by atoms with Crippen LogP contribution in [0.15, 0.2) is 29.2 Å². The lowest BCUT2D eigenvalue weighted by Crippen LogP contribution is -2.52. The zero-order valence-electron chi connectivity index (χ0n) is 18.0. The van der Waals surface area contributed by atoms with Crippen molar-refractivity contribution < 1.29 is 17.9 Å². The average molecular weight is 439 g/mol. The summed E-state index contributed by atoms with van der Waals surface area (Å²) < 4.78 is 33.8. The number of likely N-dealkylation sites (N-methyl/N-ethyl adjacent to an activating group) is 1. The summed E-state index contributed by atoms with van der Waals surface area (Å²) in [7, 11) is -3.80. The highest BCUT2D eigenvalue weighted by molar-refractivity contribution is 7.89. The smallest absolute Gasteiger partial charge is 0.243 e. The number of nitrogens with zero attached hydrogens (tertiary/aromatic N) is 3. The molecule has 1 unspecified atom stereocenters. The molecule has 1 aromatic carbocycles. The van der Waals surface area contributed by atoms with Gasteiger partial charge in [0.15, 0.2) is 0 Å². The van der Waals surface area contributed by atoms with Crippen LogP contribution in [0.4, 0.5) is 0 Å². The minimum Gasteiger partial charge on any atom is -0.494 e. The van der Waals surface area contributed by atoms with E-state index in [1.807, 2.05) is 6.92 Å². The van der Waals surface area contributed by atoms with Gasteiger partial charge in [-0.25, -0.2) is 8.42 Å². The summed E-state index contributed by atoms with van der Waals surface area (Å²) in [6.07, 6.45) is 2.01. The Labute approximate surface area is 180 Å². The van der Waals surface area contributed by atoms with Crippen molar-refractivity contribution in [1.29, 1.82) is 0 Å². The Kier molecular flexibility index (Phi) is 8.10. The van der Waals surface area contributed by atoms with Gasteiger partial charge in [-0.1, -0.05) is 6.92 Å². The van der Waals surface area contributed by atoms with Crippen LogP contribution in [-0.2, 0) is 14.8 Å². The van der Waals surface area contributed by atoms with E-state index in [2.05, 4.69) is 17.1 Å². The minimum absolute atomic E-state index is 0.121. The number of ether oxygens (including phenoxy) is 1. The minimum atomic E-state index is -3.80. The van der Waals surface area contributed by atoms with Gasteiger partial charge < -0.3 is 15.0 Å². The number of benzene rings is 1. The predicted molar refractivity (Wildman–Crippen MR) is 116 cm³/mol. The summed E-state index contributed by atoms with van der Waals surface area (Å²) in [6, 6.07) is 6.61. The van der Waals surface area contributed by atoms with Gasteiger partial charge in [-0.15, -0.1) is 0 Å². The van der Waals surface area contributed by atoms with Crippen LogP contribution in [-0.4, -0.2) is 93.4 Å². The van der Waals surface area contributed by atoms with Crippen LogP contribution in [0, 0.1) is 0 Å².